The van der Waals surface area contributed by atoms with Crippen molar-refractivity contribution in [2.75, 3.05) is 17.2 Å². The highest BCUT2D eigenvalue weighted by Gasteiger charge is 2.48. The molecule has 9 nitrogen and oxygen atoms in total. The van der Waals surface area contributed by atoms with Crippen LogP contribution >= 0.6 is 0 Å². The molecule has 2 aromatic carbocycles. The van der Waals surface area contributed by atoms with E-state index < -0.39 is 18.4 Å². The number of fused-ring (bicyclic) bond motifs is 2. The fraction of sp³-hybridized carbons (Fsp3) is 0.344. The van der Waals surface area contributed by atoms with Crippen LogP contribution in [0.25, 0.3) is 21.8 Å². The van der Waals surface area contributed by atoms with Crippen molar-refractivity contribution in [3.05, 3.63) is 70.8 Å². The zero-order chi connectivity index (χ0) is 30.5. The number of hydrogen-bond donors (Lipinski definition) is 5. The number of aromatic amines is 1. The summed E-state index contributed by atoms with van der Waals surface area (Å²) in [5, 5.41) is 28.1. The Morgan fingerprint density at radius 1 is 1.23 bits per heavy atom. The molecule has 1 aliphatic heterocycles. The highest BCUT2D eigenvalue weighted by Crippen LogP contribution is 2.42. The lowest BCUT2D eigenvalue weighted by Gasteiger charge is -2.24. The Balaban J connectivity index is 1.46. The number of alkyl halides is 2. The third kappa shape index (κ3) is 5.40. The van der Waals surface area contributed by atoms with Crippen molar-refractivity contribution in [1.29, 1.82) is 5.26 Å². The number of nitriles is 1. The van der Waals surface area contributed by atoms with Crippen molar-refractivity contribution in [2.24, 2.45) is 11.3 Å². The number of pyridine rings is 1. The molecule has 0 amide bonds. The van der Waals surface area contributed by atoms with Gasteiger partial charge in [-0.1, -0.05) is 38.8 Å². The van der Waals surface area contributed by atoms with Gasteiger partial charge in [-0.15, -0.1) is 12.0 Å². The predicted molar refractivity (Wildman–Crippen MR) is 164 cm³/mol. The minimum Gasteiger partial charge on any atom is -0.383 e. The summed E-state index contributed by atoms with van der Waals surface area (Å²) in [6.07, 6.45) is 7.35. The first-order valence-corrected chi connectivity index (χ1v) is 14.2. The van der Waals surface area contributed by atoms with Crippen LogP contribution in [0, 0.1) is 41.9 Å². The molecule has 0 radical (unpaired) electrons. The highest BCUT2D eigenvalue weighted by molar-refractivity contribution is 5.99. The number of aromatic nitrogens is 3. The SMILES string of the molecule is C#Cc1cnc2c(C#N)cc(N[C@H](C3=CN(C4CC4C(F)F)NN3)c3cccc4n[nH]c(C)c34)cc2c1NCC(C)(C)C. The van der Waals surface area contributed by atoms with Gasteiger partial charge >= 0.3 is 0 Å². The number of hydrogen-bond acceptors (Lipinski definition) is 8. The average molecular weight is 582 g/mol. The second kappa shape index (κ2) is 10.8. The van der Waals surface area contributed by atoms with E-state index in [2.05, 4.69) is 69.5 Å². The summed E-state index contributed by atoms with van der Waals surface area (Å²) in [6.45, 7) is 8.99. The summed E-state index contributed by atoms with van der Waals surface area (Å²) in [4.78, 5) is 4.54. The molecule has 43 heavy (non-hydrogen) atoms. The van der Waals surface area contributed by atoms with Crippen LogP contribution in [-0.4, -0.2) is 39.2 Å². The number of halogens is 2. The first-order chi connectivity index (χ1) is 20.6. The molecular formula is C32H33F2N9. The lowest BCUT2D eigenvalue weighted by molar-refractivity contribution is 0.104. The summed E-state index contributed by atoms with van der Waals surface area (Å²) in [7, 11) is 0. The molecule has 3 atom stereocenters. The average Bonchev–Trinajstić information content (AvgIpc) is 3.49. The number of aryl methyl sites for hydroxylation is 1. The Kier molecular flexibility index (Phi) is 7.07. The Labute approximate surface area is 248 Å². The maximum Gasteiger partial charge on any atom is 0.243 e. The van der Waals surface area contributed by atoms with Crippen LogP contribution in [0.3, 0.4) is 0 Å². The third-order valence-corrected chi connectivity index (χ3v) is 7.86. The molecule has 1 fully saturated rings. The van der Waals surface area contributed by atoms with Crippen molar-refractivity contribution < 1.29 is 8.78 Å². The minimum absolute atomic E-state index is 0.0218. The third-order valence-electron chi connectivity index (χ3n) is 7.86. The highest BCUT2D eigenvalue weighted by atomic mass is 19.3. The Morgan fingerprint density at radius 3 is 2.74 bits per heavy atom. The fourth-order valence-electron chi connectivity index (χ4n) is 5.57. The Bertz CT molecular complexity index is 1820. The summed E-state index contributed by atoms with van der Waals surface area (Å²) >= 11 is 0. The summed E-state index contributed by atoms with van der Waals surface area (Å²) in [6, 6.07) is 11.1. The monoisotopic (exact) mass is 581 g/mol. The van der Waals surface area contributed by atoms with Crippen LogP contribution in [0.2, 0.25) is 0 Å². The van der Waals surface area contributed by atoms with Crippen LogP contribution in [0.15, 0.2) is 48.4 Å². The van der Waals surface area contributed by atoms with Crippen LogP contribution in [0.1, 0.15) is 55.6 Å². The molecule has 4 aromatic rings. The van der Waals surface area contributed by atoms with E-state index in [9.17, 15) is 14.0 Å². The van der Waals surface area contributed by atoms with Crippen molar-refractivity contribution in [3.63, 3.8) is 0 Å². The molecular weight excluding hydrogens is 548 g/mol. The number of nitrogens with one attached hydrogen (secondary N) is 5. The van der Waals surface area contributed by atoms with Crippen molar-refractivity contribution in [3.8, 4) is 18.4 Å². The number of H-pyrrole nitrogens is 1. The largest absolute Gasteiger partial charge is 0.383 e. The molecule has 6 rings (SSSR count). The van der Waals surface area contributed by atoms with Gasteiger partial charge in [0.25, 0.3) is 0 Å². The molecule has 2 aliphatic rings. The van der Waals surface area contributed by atoms with Gasteiger partial charge in [-0.3, -0.25) is 15.1 Å². The summed E-state index contributed by atoms with van der Waals surface area (Å²) in [5.41, 5.74) is 12.5. The van der Waals surface area contributed by atoms with Crippen LogP contribution < -0.4 is 21.6 Å². The smallest absolute Gasteiger partial charge is 0.243 e. The zero-order valence-electron chi connectivity index (χ0n) is 24.4. The van der Waals surface area contributed by atoms with E-state index in [1.807, 2.05) is 37.4 Å². The van der Waals surface area contributed by atoms with E-state index in [1.165, 1.54) is 0 Å². The molecule has 5 N–H and O–H groups in total. The normalized spacial score (nSPS) is 18.7. The molecule has 0 saturated heterocycles. The molecule has 0 spiro atoms. The molecule has 0 bridgehead atoms. The first-order valence-electron chi connectivity index (χ1n) is 14.2. The molecule has 2 aromatic heterocycles. The van der Waals surface area contributed by atoms with Gasteiger partial charge in [0.1, 0.15) is 6.07 Å². The van der Waals surface area contributed by atoms with Gasteiger partial charge in [-0.25, -0.2) is 8.78 Å². The molecule has 2 unspecified atom stereocenters. The topological polar surface area (TPSA) is 117 Å². The molecule has 3 heterocycles. The van der Waals surface area contributed by atoms with E-state index in [1.54, 1.807) is 17.3 Å². The van der Waals surface area contributed by atoms with Crippen molar-refractivity contribution >= 4 is 33.2 Å². The number of anilines is 2. The number of rotatable bonds is 8. The second-order valence-corrected chi connectivity index (χ2v) is 12.3. The molecule has 11 heteroatoms. The number of terminal acetylenes is 1. The maximum atomic E-state index is 13.4. The van der Waals surface area contributed by atoms with Gasteiger partial charge in [0.05, 0.1) is 45.6 Å². The van der Waals surface area contributed by atoms with Gasteiger partial charge in [-0.2, -0.15) is 10.4 Å². The van der Waals surface area contributed by atoms with Gasteiger partial charge in [0, 0.05) is 47.0 Å². The lowest BCUT2D eigenvalue weighted by atomic mass is 9.96. The number of hydrazine groups is 2. The van der Waals surface area contributed by atoms with E-state index in [-0.39, 0.29) is 11.5 Å². The minimum atomic E-state index is -2.37. The van der Waals surface area contributed by atoms with Gasteiger partial charge < -0.3 is 16.1 Å². The Hall–Kier alpha value is -4.87. The van der Waals surface area contributed by atoms with Crippen LogP contribution in [-0.2, 0) is 0 Å². The van der Waals surface area contributed by atoms with Gasteiger partial charge in [0.15, 0.2) is 0 Å². The molecule has 1 aliphatic carbocycles. The Morgan fingerprint density at radius 2 is 2.05 bits per heavy atom. The van der Waals surface area contributed by atoms with Crippen molar-refractivity contribution in [1.82, 2.24) is 31.2 Å². The maximum absolute atomic E-state index is 13.4. The summed E-state index contributed by atoms with van der Waals surface area (Å²) < 4.78 is 26.7. The van der Waals surface area contributed by atoms with Gasteiger partial charge in [-0.05, 0) is 42.5 Å². The lowest BCUT2D eigenvalue weighted by Crippen LogP contribution is -2.39. The predicted octanol–water partition coefficient (Wildman–Crippen LogP) is 5.70. The molecule has 1 saturated carbocycles. The van der Waals surface area contributed by atoms with Crippen LogP contribution in [0.4, 0.5) is 20.2 Å². The van der Waals surface area contributed by atoms with E-state index in [4.69, 9.17) is 6.42 Å². The quantitative estimate of drug-likeness (QED) is 0.168. The van der Waals surface area contributed by atoms with Crippen LogP contribution in [0.5, 0.6) is 0 Å². The number of nitrogens with zero attached hydrogens (tertiary/aromatic N) is 4. The van der Waals surface area contributed by atoms with Crippen molar-refractivity contribution in [2.45, 2.75) is 52.6 Å². The molecule has 220 valence electrons. The van der Waals surface area contributed by atoms with E-state index in [0.717, 1.165) is 38.9 Å². The standard InChI is InChI=1S/C32H33F2N9/c1-6-18-14-36-29-19(13-35)10-20(11-23(29)28(18)37-16-32(3,4)5)38-30(21-8-7-9-24-27(21)17(2)39-40-24)25-15-43(42-41-25)26-12-22(26)31(33)34/h1,7-11,14-15,22,26,30-31,38,41-42H,12,16H2,2-5H3,(H,36,37)(H,39,40)/t22?,26?,30-/m0/s1. The summed E-state index contributed by atoms with van der Waals surface area (Å²) in [5.74, 6) is 2.05. The first kappa shape index (κ1) is 28.3. The van der Waals surface area contributed by atoms with E-state index in [0.29, 0.717) is 35.3 Å². The van der Waals surface area contributed by atoms with E-state index >= 15 is 0 Å². The number of benzene rings is 2. The van der Waals surface area contributed by atoms with Gasteiger partial charge in [0.2, 0.25) is 6.43 Å². The fourth-order valence-corrected chi connectivity index (χ4v) is 5.57. The second-order valence-electron chi connectivity index (χ2n) is 12.3. The zero-order valence-corrected chi connectivity index (χ0v) is 24.4.